The van der Waals surface area contributed by atoms with Crippen LogP contribution in [0.2, 0.25) is 0 Å². The molecule has 1 rings (SSSR count). The Morgan fingerprint density at radius 2 is 2.25 bits per heavy atom. The molecule has 12 heavy (non-hydrogen) atoms. The summed E-state index contributed by atoms with van der Waals surface area (Å²) in [5.41, 5.74) is 0.284. The van der Waals surface area contributed by atoms with Gasteiger partial charge in [-0.25, -0.2) is 0 Å². The van der Waals surface area contributed by atoms with Gasteiger partial charge in [0, 0.05) is 15.9 Å². The van der Waals surface area contributed by atoms with Crippen molar-refractivity contribution in [2.75, 3.05) is 0 Å². The normalized spacial score (nSPS) is 9.83. The van der Waals surface area contributed by atoms with Crippen molar-refractivity contribution >= 4 is 21.6 Å². The van der Waals surface area contributed by atoms with Crippen molar-refractivity contribution < 1.29 is 9.65 Å². The summed E-state index contributed by atoms with van der Waals surface area (Å²) in [5, 5.41) is 21.2. The minimum atomic E-state index is -0.528. The predicted molar refractivity (Wildman–Crippen MR) is 44.5 cm³/mol. The first kappa shape index (κ1) is 8.92. The molecule has 0 aliphatic rings. The van der Waals surface area contributed by atoms with Gasteiger partial charge in [-0.2, -0.15) is 4.73 Å². The monoisotopic (exact) mass is 232 g/mol. The van der Waals surface area contributed by atoms with E-state index in [9.17, 15) is 15.3 Å². The van der Waals surface area contributed by atoms with Crippen LogP contribution in [0.5, 0.6) is 0 Å². The second-order valence-electron chi connectivity index (χ2n) is 2.25. The van der Waals surface area contributed by atoms with Crippen LogP contribution in [-0.4, -0.2) is 4.92 Å². The summed E-state index contributed by atoms with van der Waals surface area (Å²) >= 11 is 2.89. The third-order valence-electron chi connectivity index (χ3n) is 1.38. The molecule has 0 aliphatic carbocycles. The van der Waals surface area contributed by atoms with Gasteiger partial charge in [0.2, 0.25) is 0 Å². The lowest BCUT2D eigenvalue weighted by atomic mass is 10.3. The molecule has 0 unspecified atom stereocenters. The number of pyridine rings is 1. The van der Waals surface area contributed by atoms with Crippen molar-refractivity contribution in [2.24, 2.45) is 0 Å². The third-order valence-corrected chi connectivity index (χ3v) is 1.96. The Hall–Kier alpha value is -1.17. The maximum Gasteiger partial charge on any atom is 0.285 e. The third kappa shape index (κ3) is 1.53. The number of hydrogen-bond acceptors (Lipinski definition) is 3. The number of aryl methyl sites for hydroxylation is 1. The molecule has 1 heterocycles. The molecule has 1 aromatic rings. The van der Waals surface area contributed by atoms with Gasteiger partial charge in [0.15, 0.2) is 6.20 Å². The maximum absolute atomic E-state index is 10.9. The summed E-state index contributed by atoms with van der Waals surface area (Å²) in [6, 6.07) is 1.18. The van der Waals surface area contributed by atoms with E-state index in [-0.39, 0.29) is 10.3 Å². The Morgan fingerprint density at radius 3 is 2.75 bits per heavy atom. The SMILES string of the molecule is Cc1c[n+]([O-])c(Br)cc1[N+](=O)[O-]. The van der Waals surface area contributed by atoms with Crippen molar-refractivity contribution in [3.05, 3.63) is 37.8 Å². The lowest BCUT2D eigenvalue weighted by Gasteiger charge is -1.99. The zero-order chi connectivity index (χ0) is 9.30. The van der Waals surface area contributed by atoms with Gasteiger partial charge >= 0.3 is 0 Å². The molecular weight excluding hydrogens is 228 g/mol. The van der Waals surface area contributed by atoms with Crippen LogP contribution in [0.3, 0.4) is 0 Å². The van der Waals surface area contributed by atoms with Gasteiger partial charge in [0.1, 0.15) is 0 Å². The average molecular weight is 233 g/mol. The number of nitro groups is 1. The Balaban J connectivity index is 3.33. The quantitative estimate of drug-likeness (QED) is 0.241. The summed E-state index contributed by atoms with van der Waals surface area (Å²) < 4.78 is 0.669. The van der Waals surface area contributed by atoms with E-state index in [4.69, 9.17) is 0 Å². The zero-order valence-electron chi connectivity index (χ0n) is 6.15. The van der Waals surface area contributed by atoms with Crippen LogP contribution in [0.1, 0.15) is 5.56 Å². The summed E-state index contributed by atoms with van der Waals surface area (Å²) in [7, 11) is 0. The van der Waals surface area contributed by atoms with Crippen LogP contribution in [-0.2, 0) is 0 Å². The van der Waals surface area contributed by atoms with Gasteiger partial charge in [-0.3, -0.25) is 10.1 Å². The number of halogens is 1. The molecule has 0 N–H and O–H groups in total. The molecule has 1 aromatic heterocycles. The summed E-state index contributed by atoms with van der Waals surface area (Å²) in [4.78, 5) is 9.83. The predicted octanol–water partition coefficient (Wildman–Crippen LogP) is 1.30. The molecule has 0 aliphatic heterocycles. The number of nitrogens with zero attached hydrogens (tertiary/aromatic N) is 2. The first-order valence-corrected chi connectivity index (χ1v) is 3.85. The average Bonchev–Trinajstić information content (AvgIpc) is 1.96. The molecule has 64 valence electrons. The first-order chi connectivity index (χ1) is 5.52. The van der Waals surface area contributed by atoms with E-state index >= 15 is 0 Å². The Morgan fingerprint density at radius 1 is 1.67 bits per heavy atom. The fraction of sp³-hybridized carbons (Fsp3) is 0.167. The maximum atomic E-state index is 10.9. The highest BCUT2D eigenvalue weighted by Crippen LogP contribution is 2.18. The Bertz CT molecular complexity index is 340. The molecular formula is C6H5BrN2O3. The molecule has 0 aromatic carbocycles. The van der Waals surface area contributed by atoms with Crippen LogP contribution in [0.15, 0.2) is 16.9 Å². The van der Waals surface area contributed by atoms with Crippen LogP contribution in [0, 0.1) is 22.2 Å². The standard InChI is InChI=1S/C6H5BrN2O3/c1-4-3-8(10)6(7)2-5(4)9(11)12/h2-3H,1H3. The second kappa shape index (κ2) is 3.06. The zero-order valence-corrected chi connectivity index (χ0v) is 7.74. The lowest BCUT2D eigenvalue weighted by molar-refractivity contribution is -0.618. The van der Waals surface area contributed by atoms with Gasteiger partial charge < -0.3 is 5.21 Å². The summed E-state index contributed by atoms with van der Waals surface area (Å²) in [6.07, 6.45) is 1.15. The van der Waals surface area contributed by atoms with Gasteiger partial charge in [0.25, 0.3) is 10.3 Å². The van der Waals surface area contributed by atoms with E-state index in [0.29, 0.717) is 10.3 Å². The highest BCUT2D eigenvalue weighted by Gasteiger charge is 2.16. The Kier molecular flexibility index (Phi) is 2.27. The molecule has 0 saturated carbocycles. The van der Waals surface area contributed by atoms with Crippen molar-refractivity contribution in [2.45, 2.75) is 6.92 Å². The second-order valence-corrected chi connectivity index (χ2v) is 3.06. The van der Waals surface area contributed by atoms with Crippen LogP contribution >= 0.6 is 15.9 Å². The van der Waals surface area contributed by atoms with Gasteiger partial charge in [-0.1, -0.05) is 0 Å². The minimum Gasteiger partial charge on any atom is -0.618 e. The Labute approximate surface area is 76.5 Å². The van der Waals surface area contributed by atoms with Crippen LogP contribution in [0.25, 0.3) is 0 Å². The number of aromatic nitrogens is 1. The van der Waals surface area contributed by atoms with Gasteiger partial charge in [0.05, 0.1) is 16.6 Å². The fourth-order valence-corrected chi connectivity index (χ4v) is 1.11. The fourth-order valence-electron chi connectivity index (χ4n) is 0.791. The van der Waals surface area contributed by atoms with Crippen molar-refractivity contribution in [1.29, 1.82) is 0 Å². The molecule has 0 bridgehead atoms. The largest absolute Gasteiger partial charge is 0.618 e. The van der Waals surface area contributed by atoms with Crippen molar-refractivity contribution in [3.63, 3.8) is 0 Å². The molecule has 0 radical (unpaired) electrons. The number of rotatable bonds is 1. The lowest BCUT2D eigenvalue weighted by Crippen LogP contribution is -2.27. The molecule has 5 nitrogen and oxygen atoms in total. The van der Waals surface area contributed by atoms with Gasteiger partial charge in [-0.05, 0) is 6.92 Å². The van der Waals surface area contributed by atoms with E-state index < -0.39 is 4.92 Å². The van der Waals surface area contributed by atoms with E-state index in [0.717, 1.165) is 6.20 Å². The summed E-state index contributed by atoms with van der Waals surface area (Å²) in [6.45, 7) is 1.51. The van der Waals surface area contributed by atoms with E-state index in [1.54, 1.807) is 0 Å². The van der Waals surface area contributed by atoms with Crippen molar-refractivity contribution in [1.82, 2.24) is 0 Å². The number of hydrogen-bond donors (Lipinski definition) is 0. The first-order valence-electron chi connectivity index (χ1n) is 3.06. The highest BCUT2D eigenvalue weighted by atomic mass is 79.9. The molecule has 0 spiro atoms. The van der Waals surface area contributed by atoms with Crippen LogP contribution in [0.4, 0.5) is 5.69 Å². The van der Waals surface area contributed by atoms with E-state index in [2.05, 4.69) is 15.9 Å². The van der Waals surface area contributed by atoms with Gasteiger partial charge in [-0.15, -0.1) is 0 Å². The van der Waals surface area contributed by atoms with Crippen molar-refractivity contribution in [3.8, 4) is 0 Å². The minimum absolute atomic E-state index is 0.0611. The molecule has 0 amide bonds. The molecule has 6 heteroatoms. The van der Waals surface area contributed by atoms with E-state index in [1.807, 2.05) is 0 Å². The molecule has 0 fully saturated rings. The summed E-state index contributed by atoms with van der Waals surface area (Å²) in [5.74, 6) is 0. The highest BCUT2D eigenvalue weighted by molar-refractivity contribution is 9.10. The molecule has 0 saturated heterocycles. The topological polar surface area (TPSA) is 70.1 Å². The van der Waals surface area contributed by atoms with Crippen LogP contribution < -0.4 is 4.73 Å². The van der Waals surface area contributed by atoms with E-state index in [1.165, 1.54) is 13.0 Å². The molecule has 0 atom stereocenters. The smallest absolute Gasteiger partial charge is 0.285 e.